The number of halogens is 2. The average Bonchev–Trinajstić information content (AvgIpc) is 2.42. The standard InChI is InChI=1S/C13H9F2N3O2S/c14-9-2-1-3-10(15)13(9)18-21(19,20)12-5-4-8(7-16)6-11(12)17/h1-6,18H,17H2. The van der Waals surface area contributed by atoms with Crippen molar-refractivity contribution in [1.82, 2.24) is 0 Å². The third-order valence-electron chi connectivity index (χ3n) is 2.63. The highest BCUT2D eigenvalue weighted by Crippen LogP contribution is 2.25. The fourth-order valence-corrected chi connectivity index (χ4v) is 2.84. The van der Waals surface area contributed by atoms with Crippen LogP contribution in [0.25, 0.3) is 0 Å². The third kappa shape index (κ3) is 2.93. The molecule has 0 aliphatic carbocycles. The molecule has 2 aromatic rings. The molecule has 5 nitrogen and oxygen atoms in total. The average molecular weight is 309 g/mol. The molecule has 8 heteroatoms. The summed E-state index contributed by atoms with van der Waals surface area (Å²) in [5, 5.41) is 8.69. The lowest BCUT2D eigenvalue weighted by atomic mass is 10.2. The minimum atomic E-state index is -4.28. The van der Waals surface area contributed by atoms with E-state index in [1.165, 1.54) is 6.07 Å². The number of rotatable bonds is 3. The van der Waals surface area contributed by atoms with Crippen LogP contribution in [0.3, 0.4) is 0 Å². The van der Waals surface area contributed by atoms with Gasteiger partial charge in [-0.25, -0.2) is 17.2 Å². The summed E-state index contributed by atoms with van der Waals surface area (Å²) in [6.45, 7) is 0. The van der Waals surface area contributed by atoms with Gasteiger partial charge in [0, 0.05) is 0 Å². The van der Waals surface area contributed by atoms with Gasteiger partial charge in [0.05, 0.1) is 17.3 Å². The van der Waals surface area contributed by atoms with Crippen molar-refractivity contribution in [2.75, 3.05) is 10.5 Å². The lowest BCUT2D eigenvalue weighted by Gasteiger charge is -2.11. The Bertz CT molecular complexity index is 825. The Hall–Kier alpha value is -2.66. The predicted octanol–water partition coefficient (Wildman–Crippen LogP) is 2.22. The van der Waals surface area contributed by atoms with Gasteiger partial charge in [-0.3, -0.25) is 4.72 Å². The highest BCUT2D eigenvalue weighted by Gasteiger charge is 2.21. The fourth-order valence-electron chi connectivity index (χ4n) is 1.65. The van der Waals surface area contributed by atoms with E-state index in [0.29, 0.717) is 0 Å². The van der Waals surface area contributed by atoms with Crippen molar-refractivity contribution in [1.29, 1.82) is 5.26 Å². The summed E-state index contributed by atoms with van der Waals surface area (Å²) in [5.74, 6) is -2.10. The van der Waals surface area contributed by atoms with Crippen LogP contribution in [0.2, 0.25) is 0 Å². The molecule has 0 atom stereocenters. The second-order valence-electron chi connectivity index (χ2n) is 4.07. The zero-order chi connectivity index (χ0) is 15.6. The largest absolute Gasteiger partial charge is 0.398 e. The van der Waals surface area contributed by atoms with E-state index >= 15 is 0 Å². The number of anilines is 2. The first-order valence-electron chi connectivity index (χ1n) is 5.61. The van der Waals surface area contributed by atoms with Crippen LogP contribution in [-0.2, 0) is 10.0 Å². The van der Waals surface area contributed by atoms with Crippen LogP contribution in [0.5, 0.6) is 0 Å². The molecule has 108 valence electrons. The van der Waals surface area contributed by atoms with Gasteiger partial charge >= 0.3 is 0 Å². The number of nitrogens with zero attached hydrogens (tertiary/aromatic N) is 1. The van der Waals surface area contributed by atoms with Crippen LogP contribution in [0, 0.1) is 23.0 Å². The summed E-state index contributed by atoms with van der Waals surface area (Å²) in [6, 6.07) is 8.24. The molecule has 2 aromatic carbocycles. The second-order valence-corrected chi connectivity index (χ2v) is 5.72. The topological polar surface area (TPSA) is 96.0 Å². The van der Waals surface area contributed by atoms with E-state index in [1.807, 2.05) is 4.72 Å². The number of nitrogens with two attached hydrogens (primary N) is 1. The maximum Gasteiger partial charge on any atom is 0.264 e. The van der Waals surface area contributed by atoms with Gasteiger partial charge in [0.25, 0.3) is 10.0 Å². The lowest BCUT2D eigenvalue weighted by molar-refractivity contribution is 0.583. The predicted molar refractivity (Wildman–Crippen MR) is 72.7 cm³/mol. The summed E-state index contributed by atoms with van der Waals surface area (Å²) in [5.41, 5.74) is 4.74. The summed E-state index contributed by atoms with van der Waals surface area (Å²) < 4.78 is 53.0. The fraction of sp³-hybridized carbons (Fsp3) is 0. The van der Waals surface area contributed by atoms with Gasteiger partial charge < -0.3 is 5.73 Å². The molecule has 0 aromatic heterocycles. The summed E-state index contributed by atoms with van der Waals surface area (Å²) >= 11 is 0. The Labute approximate surface area is 119 Å². The molecule has 0 spiro atoms. The van der Waals surface area contributed by atoms with Crippen molar-refractivity contribution in [2.45, 2.75) is 4.90 Å². The van der Waals surface area contributed by atoms with Crippen molar-refractivity contribution in [3.8, 4) is 6.07 Å². The molecule has 2 rings (SSSR count). The molecule has 21 heavy (non-hydrogen) atoms. The quantitative estimate of drug-likeness (QED) is 0.850. The summed E-state index contributed by atoms with van der Waals surface area (Å²) in [7, 11) is -4.28. The highest BCUT2D eigenvalue weighted by molar-refractivity contribution is 7.92. The first-order chi connectivity index (χ1) is 9.85. The van der Waals surface area contributed by atoms with E-state index in [2.05, 4.69) is 0 Å². The molecule has 0 saturated heterocycles. The molecule has 0 bridgehead atoms. The van der Waals surface area contributed by atoms with E-state index in [-0.39, 0.29) is 16.1 Å². The highest BCUT2D eigenvalue weighted by atomic mass is 32.2. The van der Waals surface area contributed by atoms with E-state index in [1.54, 1.807) is 6.07 Å². The number of nitriles is 1. The molecule has 0 amide bonds. The number of nitrogen functional groups attached to an aromatic ring is 1. The second kappa shape index (κ2) is 5.38. The monoisotopic (exact) mass is 309 g/mol. The third-order valence-corrected chi connectivity index (χ3v) is 4.05. The number of benzene rings is 2. The van der Waals surface area contributed by atoms with E-state index in [9.17, 15) is 17.2 Å². The Morgan fingerprint density at radius 2 is 1.76 bits per heavy atom. The van der Waals surface area contributed by atoms with Gasteiger partial charge in [-0.15, -0.1) is 0 Å². The van der Waals surface area contributed by atoms with E-state index < -0.39 is 27.3 Å². The Kier molecular flexibility index (Phi) is 3.78. The van der Waals surface area contributed by atoms with Gasteiger partial charge in [0.1, 0.15) is 22.2 Å². The Morgan fingerprint density at radius 1 is 1.14 bits per heavy atom. The van der Waals surface area contributed by atoms with E-state index in [4.69, 9.17) is 11.0 Å². The van der Waals surface area contributed by atoms with Crippen LogP contribution in [-0.4, -0.2) is 8.42 Å². The van der Waals surface area contributed by atoms with Crippen LogP contribution < -0.4 is 10.5 Å². The number of nitrogens with one attached hydrogen (secondary N) is 1. The Morgan fingerprint density at radius 3 is 2.29 bits per heavy atom. The van der Waals surface area contributed by atoms with Crippen molar-refractivity contribution >= 4 is 21.4 Å². The minimum absolute atomic E-state index is 0.170. The smallest absolute Gasteiger partial charge is 0.264 e. The maximum atomic E-state index is 13.5. The zero-order valence-corrected chi connectivity index (χ0v) is 11.3. The van der Waals surface area contributed by atoms with Crippen LogP contribution in [0.4, 0.5) is 20.2 Å². The normalized spacial score (nSPS) is 10.9. The van der Waals surface area contributed by atoms with Crippen LogP contribution >= 0.6 is 0 Å². The molecule has 0 unspecified atom stereocenters. The van der Waals surface area contributed by atoms with Crippen molar-refractivity contribution in [2.24, 2.45) is 0 Å². The van der Waals surface area contributed by atoms with E-state index in [0.717, 1.165) is 30.3 Å². The van der Waals surface area contributed by atoms with Gasteiger partial charge in [0.2, 0.25) is 0 Å². The molecular formula is C13H9F2N3O2S. The SMILES string of the molecule is N#Cc1ccc(S(=O)(=O)Nc2c(F)cccc2F)c(N)c1. The molecule has 0 fully saturated rings. The van der Waals surface area contributed by atoms with Gasteiger partial charge in [-0.2, -0.15) is 5.26 Å². The molecule has 0 radical (unpaired) electrons. The van der Waals surface area contributed by atoms with Crippen molar-refractivity contribution in [3.63, 3.8) is 0 Å². The first-order valence-corrected chi connectivity index (χ1v) is 7.10. The molecule has 0 heterocycles. The van der Waals surface area contributed by atoms with Gasteiger partial charge in [-0.1, -0.05) is 6.07 Å². The van der Waals surface area contributed by atoms with Gasteiger partial charge in [0.15, 0.2) is 0 Å². The number of hydrogen-bond donors (Lipinski definition) is 2. The van der Waals surface area contributed by atoms with Crippen LogP contribution in [0.15, 0.2) is 41.3 Å². The minimum Gasteiger partial charge on any atom is -0.398 e. The Balaban J connectivity index is 2.47. The number of hydrogen-bond acceptors (Lipinski definition) is 4. The molecular weight excluding hydrogens is 300 g/mol. The van der Waals surface area contributed by atoms with Crippen molar-refractivity contribution < 1.29 is 17.2 Å². The van der Waals surface area contributed by atoms with Crippen molar-refractivity contribution in [3.05, 3.63) is 53.6 Å². The molecule has 0 saturated carbocycles. The summed E-state index contributed by atoms with van der Waals surface area (Å²) in [6.07, 6.45) is 0. The zero-order valence-electron chi connectivity index (χ0n) is 10.5. The number of sulfonamides is 1. The molecule has 0 aliphatic rings. The van der Waals surface area contributed by atoms with Crippen LogP contribution in [0.1, 0.15) is 5.56 Å². The molecule has 0 aliphatic heterocycles. The lowest BCUT2D eigenvalue weighted by Crippen LogP contribution is -2.16. The maximum absolute atomic E-state index is 13.5. The first kappa shape index (κ1) is 14.7. The number of para-hydroxylation sites is 1. The molecule has 3 N–H and O–H groups in total. The van der Waals surface area contributed by atoms with Gasteiger partial charge in [-0.05, 0) is 30.3 Å². The summed E-state index contributed by atoms with van der Waals surface area (Å²) in [4.78, 5) is -0.371.